The first-order chi connectivity index (χ1) is 9.00. The second kappa shape index (κ2) is 5.44. The van der Waals surface area contributed by atoms with Crippen LogP contribution < -0.4 is 10.6 Å². The van der Waals surface area contributed by atoms with Gasteiger partial charge in [0.2, 0.25) is 0 Å². The molecule has 0 radical (unpaired) electrons. The van der Waals surface area contributed by atoms with E-state index < -0.39 is 0 Å². The molecule has 0 saturated heterocycles. The van der Waals surface area contributed by atoms with Crippen molar-refractivity contribution in [2.24, 2.45) is 12.8 Å². The summed E-state index contributed by atoms with van der Waals surface area (Å²) in [4.78, 5) is 6.33. The highest BCUT2D eigenvalue weighted by atomic mass is 79.9. The molecule has 1 heterocycles. The molecule has 0 bridgehead atoms. The Bertz CT molecular complexity index is 605. The standard InChI is InChI=1S/C13H16BrN5/c1-18-7-6-17-11(18)8-19(2)10-5-3-4-9(14)12(10)13(15)16/h3-7H,8H2,1-2H3,(H3,15,16). The number of imidazole rings is 1. The van der Waals surface area contributed by atoms with Gasteiger partial charge in [-0.25, -0.2) is 4.98 Å². The van der Waals surface area contributed by atoms with Crippen LogP contribution in [-0.2, 0) is 13.6 Å². The number of nitrogens with one attached hydrogen (secondary N) is 1. The third kappa shape index (κ3) is 2.78. The van der Waals surface area contributed by atoms with Gasteiger partial charge in [0.15, 0.2) is 0 Å². The highest BCUT2D eigenvalue weighted by Crippen LogP contribution is 2.27. The SMILES string of the molecule is CN(Cc1nccn1C)c1cccc(Br)c1C(=N)N. The molecule has 0 aliphatic heterocycles. The molecule has 0 fully saturated rings. The van der Waals surface area contributed by atoms with E-state index >= 15 is 0 Å². The first-order valence-corrected chi connectivity index (χ1v) is 6.60. The molecule has 0 unspecified atom stereocenters. The number of halogens is 1. The molecule has 5 nitrogen and oxygen atoms in total. The van der Waals surface area contributed by atoms with E-state index in [9.17, 15) is 0 Å². The van der Waals surface area contributed by atoms with E-state index in [4.69, 9.17) is 11.1 Å². The van der Waals surface area contributed by atoms with Gasteiger partial charge >= 0.3 is 0 Å². The van der Waals surface area contributed by atoms with Crippen molar-refractivity contribution in [1.29, 1.82) is 5.41 Å². The van der Waals surface area contributed by atoms with E-state index in [1.807, 2.05) is 48.0 Å². The third-order valence-corrected chi connectivity index (χ3v) is 3.63. The molecule has 0 spiro atoms. The van der Waals surface area contributed by atoms with Crippen molar-refractivity contribution >= 4 is 27.5 Å². The molecule has 0 aliphatic carbocycles. The molecule has 2 aromatic rings. The van der Waals surface area contributed by atoms with Crippen molar-refractivity contribution in [3.8, 4) is 0 Å². The number of nitrogens with two attached hydrogens (primary N) is 1. The van der Waals surface area contributed by atoms with Crippen molar-refractivity contribution in [1.82, 2.24) is 9.55 Å². The summed E-state index contributed by atoms with van der Waals surface area (Å²) in [7, 11) is 3.92. The van der Waals surface area contributed by atoms with Gasteiger partial charge in [0, 0.05) is 36.6 Å². The summed E-state index contributed by atoms with van der Waals surface area (Å²) in [6, 6.07) is 5.76. The molecule has 1 aromatic carbocycles. The molecular formula is C13H16BrN5. The molecule has 2 rings (SSSR count). The van der Waals surface area contributed by atoms with E-state index in [2.05, 4.69) is 20.9 Å². The Hall–Kier alpha value is -1.82. The summed E-state index contributed by atoms with van der Waals surface area (Å²) in [5, 5.41) is 7.70. The van der Waals surface area contributed by atoms with E-state index in [0.29, 0.717) is 12.1 Å². The minimum absolute atomic E-state index is 0.0502. The number of benzene rings is 1. The Balaban J connectivity index is 2.34. The average molecular weight is 322 g/mol. The lowest BCUT2D eigenvalue weighted by atomic mass is 10.1. The molecule has 19 heavy (non-hydrogen) atoms. The van der Waals surface area contributed by atoms with Crippen LogP contribution in [0.25, 0.3) is 0 Å². The maximum atomic E-state index is 7.70. The first-order valence-electron chi connectivity index (χ1n) is 5.81. The van der Waals surface area contributed by atoms with Crippen LogP contribution in [-0.4, -0.2) is 22.4 Å². The highest BCUT2D eigenvalue weighted by molar-refractivity contribution is 9.10. The average Bonchev–Trinajstić information content (AvgIpc) is 2.74. The molecule has 0 aliphatic rings. The maximum Gasteiger partial charge on any atom is 0.127 e. The molecule has 0 atom stereocenters. The molecular weight excluding hydrogens is 306 g/mol. The van der Waals surface area contributed by atoms with Crippen LogP contribution in [0.1, 0.15) is 11.4 Å². The van der Waals surface area contributed by atoms with Crippen LogP contribution in [0.15, 0.2) is 35.1 Å². The predicted octanol–water partition coefficient (Wildman–Crippen LogP) is 2.10. The largest absolute Gasteiger partial charge is 0.384 e. The molecule has 1 aromatic heterocycles. The van der Waals surface area contributed by atoms with Crippen LogP contribution in [0.4, 0.5) is 5.69 Å². The molecule has 6 heteroatoms. The number of amidine groups is 1. The predicted molar refractivity (Wildman–Crippen MR) is 80.5 cm³/mol. The zero-order valence-corrected chi connectivity index (χ0v) is 12.5. The van der Waals surface area contributed by atoms with Gasteiger partial charge in [-0.3, -0.25) is 5.41 Å². The summed E-state index contributed by atoms with van der Waals surface area (Å²) in [5.74, 6) is 1.01. The normalized spacial score (nSPS) is 10.5. The zero-order valence-electron chi connectivity index (χ0n) is 10.9. The number of nitrogen functional groups attached to an aromatic ring is 1. The number of aromatic nitrogens is 2. The fourth-order valence-electron chi connectivity index (χ4n) is 1.94. The maximum absolute atomic E-state index is 7.70. The van der Waals surface area contributed by atoms with Crippen LogP contribution >= 0.6 is 15.9 Å². The van der Waals surface area contributed by atoms with Crippen LogP contribution in [0, 0.1) is 5.41 Å². The summed E-state index contributed by atoms with van der Waals surface area (Å²) in [5.41, 5.74) is 7.28. The van der Waals surface area contributed by atoms with Gasteiger partial charge in [-0.2, -0.15) is 0 Å². The Morgan fingerprint density at radius 1 is 1.53 bits per heavy atom. The number of hydrogen-bond acceptors (Lipinski definition) is 3. The van der Waals surface area contributed by atoms with Gasteiger partial charge < -0.3 is 15.2 Å². The van der Waals surface area contributed by atoms with E-state index in [0.717, 1.165) is 16.0 Å². The minimum atomic E-state index is 0.0502. The number of rotatable bonds is 4. The van der Waals surface area contributed by atoms with Crippen molar-refractivity contribution < 1.29 is 0 Å². The molecule has 100 valence electrons. The number of aryl methyl sites for hydroxylation is 1. The lowest BCUT2D eigenvalue weighted by Gasteiger charge is -2.22. The first kappa shape index (κ1) is 13.6. The number of nitrogens with zero attached hydrogens (tertiary/aromatic N) is 3. The van der Waals surface area contributed by atoms with Gasteiger partial charge in [-0.15, -0.1) is 0 Å². The Labute approximate surface area is 120 Å². The Morgan fingerprint density at radius 3 is 2.84 bits per heavy atom. The highest BCUT2D eigenvalue weighted by Gasteiger charge is 2.14. The van der Waals surface area contributed by atoms with Gasteiger partial charge in [0.1, 0.15) is 11.7 Å². The monoisotopic (exact) mass is 321 g/mol. The van der Waals surface area contributed by atoms with Gasteiger partial charge in [0.05, 0.1) is 12.1 Å². The third-order valence-electron chi connectivity index (χ3n) is 2.97. The molecule has 0 amide bonds. The summed E-state index contributed by atoms with van der Waals surface area (Å²) < 4.78 is 2.80. The van der Waals surface area contributed by atoms with Crippen molar-refractivity contribution in [3.05, 3.63) is 46.5 Å². The van der Waals surface area contributed by atoms with Crippen LogP contribution in [0.3, 0.4) is 0 Å². The summed E-state index contributed by atoms with van der Waals surface area (Å²) >= 11 is 3.44. The van der Waals surface area contributed by atoms with Gasteiger partial charge in [0.25, 0.3) is 0 Å². The van der Waals surface area contributed by atoms with Crippen molar-refractivity contribution in [2.45, 2.75) is 6.54 Å². The molecule has 0 saturated carbocycles. The molecule has 3 N–H and O–H groups in total. The van der Waals surface area contributed by atoms with Gasteiger partial charge in [-0.05, 0) is 28.1 Å². The second-order valence-corrected chi connectivity index (χ2v) is 5.21. The van der Waals surface area contributed by atoms with Crippen molar-refractivity contribution in [2.75, 3.05) is 11.9 Å². The van der Waals surface area contributed by atoms with Crippen LogP contribution in [0.5, 0.6) is 0 Å². The second-order valence-electron chi connectivity index (χ2n) is 4.36. The Morgan fingerprint density at radius 2 is 2.26 bits per heavy atom. The lowest BCUT2D eigenvalue weighted by molar-refractivity contribution is 0.761. The van der Waals surface area contributed by atoms with E-state index in [-0.39, 0.29) is 5.84 Å². The van der Waals surface area contributed by atoms with E-state index in [1.165, 1.54) is 0 Å². The van der Waals surface area contributed by atoms with E-state index in [1.54, 1.807) is 6.20 Å². The smallest absolute Gasteiger partial charge is 0.127 e. The lowest BCUT2D eigenvalue weighted by Crippen LogP contribution is -2.23. The fraction of sp³-hybridized carbons (Fsp3) is 0.231. The quantitative estimate of drug-likeness (QED) is 0.669. The summed E-state index contributed by atoms with van der Waals surface area (Å²) in [6.45, 7) is 0.653. The summed E-state index contributed by atoms with van der Waals surface area (Å²) in [6.07, 6.45) is 3.69. The minimum Gasteiger partial charge on any atom is -0.384 e. The topological polar surface area (TPSA) is 70.9 Å². The zero-order chi connectivity index (χ0) is 14.0. The van der Waals surface area contributed by atoms with Crippen molar-refractivity contribution in [3.63, 3.8) is 0 Å². The fourth-order valence-corrected chi connectivity index (χ4v) is 2.51. The number of anilines is 1. The van der Waals surface area contributed by atoms with Gasteiger partial charge in [-0.1, -0.05) is 6.07 Å². The Kier molecular flexibility index (Phi) is 3.90. The number of hydrogen-bond donors (Lipinski definition) is 2. The van der Waals surface area contributed by atoms with Crippen LogP contribution in [0.2, 0.25) is 0 Å².